The summed E-state index contributed by atoms with van der Waals surface area (Å²) in [7, 11) is 0. The molecule has 2 amide bonds. The molecule has 0 aromatic carbocycles. The third-order valence-electron chi connectivity index (χ3n) is 5.00. The molecule has 3 rings (SSSR count). The van der Waals surface area contributed by atoms with Gasteiger partial charge in [0.25, 0.3) is 5.91 Å². The lowest BCUT2D eigenvalue weighted by molar-refractivity contribution is -0.142. The van der Waals surface area contributed by atoms with Gasteiger partial charge in [-0.25, -0.2) is 4.98 Å². The maximum atomic E-state index is 12.9. The molecule has 8 nitrogen and oxygen atoms in total. The average Bonchev–Trinajstić information content (AvgIpc) is 3.40. The Kier molecular flexibility index (Phi) is 6.72. The van der Waals surface area contributed by atoms with E-state index in [9.17, 15) is 9.59 Å². The highest BCUT2D eigenvalue weighted by Crippen LogP contribution is 2.22. The molecule has 0 bridgehead atoms. The van der Waals surface area contributed by atoms with Crippen molar-refractivity contribution >= 4 is 11.8 Å². The third kappa shape index (κ3) is 5.54. The van der Waals surface area contributed by atoms with E-state index in [4.69, 9.17) is 13.9 Å². The van der Waals surface area contributed by atoms with Crippen molar-refractivity contribution in [2.75, 3.05) is 26.3 Å². The van der Waals surface area contributed by atoms with E-state index in [1.165, 1.54) is 6.26 Å². The smallest absolute Gasteiger partial charge is 0.273 e. The zero-order valence-electron chi connectivity index (χ0n) is 17.0. The second-order valence-electron chi connectivity index (χ2n) is 8.54. The van der Waals surface area contributed by atoms with Crippen LogP contribution in [-0.4, -0.2) is 60.2 Å². The molecule has 0 radical (unpaired) electrons. The number of carbonyl (C=O) groups excluding carboxylic acids is 2. The highest BCUT2D eigenvalue weighted by atomic mass is 16.5. The Balaban J connectivity index is 1.60. The van der Waals surface area contributed by atoms with Crippen LogP contribution < -0.4 is 5.32 Å². The lowest BCUT2D eigenvalue weighted by atomic mass is 9.94. The van der Waals surface area contributed by atoms with E-state index < -0.39 is 5.41 Å². The Labute approximate surface area is 165 Å². The van der Waals surface area contributed by atoms with E-state index in [0.29, 0.717) is 19.0 Å². The molecule has 2 aliphatic rings. The van der Waals surface area contributed by atoms with Crippen molar-refractivity contribution in [1.29, 1.82) is 0 Å². The minimum absolute atomic E-state index is 0.00517. The summed E-state index contributed by atoms with van der Waals surface area (Å²) in [4.78, 5) is 31.1. The Morgan fingerprint density at radius 2 is 1.86 bits per heavy atom. The van der Waals surface area contributed by atoms with Crippen molar-refractivity contribution in [3.63, 3.8) is 0 Å². The molecule has 28 heavy (non-hydrogen) atoms. The van der Waals surface area contributed by atoms with E-state index in [1.54, 1.807) is 4.90 Å². The van der Waals surface area contributed by atoms with Gasteiger partial charge in [-0.3, -0.25) is 9.59 Å². The molecule has 1 N–H and O–H groups in total. The number of oxazole rings is 1. The fraction of sp³-hybridized carbons (Fsp3) is 0.750. The molecule has 2 aliphatic heterocycles. The topological polar surface area (TPSA) is 93.9 Å². The molecular weight excluding hydrogens is 362 g/mol. The Hall–Kier alpha value is -1.93. The monoisotopic (exact) mass is 393 g/mol. The first kappa shape index (κ1) is 20.8. The Bertz CT molecular complexity index is 670. The molecular formula is C20H31N3O5. The van der Waals surface area contributed by atoms with Crippen LogP contribution in [-0.2, 0) is 20.8 Å². The standard InChI is InChI=1S/C20H31N3O5/c1-20(2,3)19(25)23(11-15-7-5-9-27-15)12-17-22-16(13-28-17)18(24)21-10-14-6-4-8-26-14/h13-15H,4-12H2,1-3H3,(H,21,24)/t14-,15-/m1/s1. The first-order valence-corrected chi connectivity index (χ1v) is 10.1. The number of carbonyl (C=O) groups is 2. The SMILES string of the molecule is CC(C)(C)C(=O)N(Cc1nc(C(=O)NC[C@H]2CCCO2)co1)C[C@H]1CCCO1. The van der Waals surface area contributed by atoms with Crippen LogP contribution >= 0.6 is 0 Å². The van der Waals surface area contributed by atoms with Crippen LogP contribution in [0.3, 0.4) is 0 Å². The molecule has 1 aromatic heterocycles. The van der Waals surface area contributed by atoms with Gasteiger partial charge in [0.15, 0.2) is 5.69 Å². The number of hydrogen-bond acceptors (Lipinski definition) is 6. The van der Waals surface area contributed by atoms with Crippen molar-refractivity contribution in [2.45, 2.75) is 65.2 Å². The van der Waals surface area contributed by atoms with E-state index in [1.807, 2.05) is 20.8 Å². The van der Waals surface area contributed by atoms with Crippen LogP contribution in [0, 0.1) is 5.41 Å². The number of nitrogens with one attached hydrogen (secondary N) is 1. The summed E-state index contributed by atoms with van der Waals surface area (Å²) in [6, 6.07) is 0. The summed E-state index contributed by atoms with van der Waals surface area (Å²) in [5.41, 5.74) is -0.305. The lowest BCUT2D eigenvalue weighted by Crippen LogP contribution is -2.43. The number of hydrogen-bond donors (Lipinski definition) is 1. The van der Waals surface area contributed by atoms with Crippen LogP contribution in [0.1, 0.15) is 62.8 Å². The molecule has 3 heterocycles. The van der Waals surface area contributed by atoms with E-state index in [2.05, 4.69) is 10.3 Å². The zero-order valence-corrected chi connectivity index (χ0v) is 17.0. The fourth-order valence-corrected chi connectivity index (χ4v) is 3.48. The van der Waals surface area contributed by atoms with Crippen molar-refractivity contribution in [2.24, 2.45) is 5.41 Å². The fourth-order valence-electron chi connectivity index (χ4n) is 3.48. The second-order valence-corrected chi connectivity index (χ2v) is 8.54. The van der Waals surface area contributed by atoms with Gasteiger partial charge >= 0.3 is 0 Å². The van der Waals surface area contributed by atoms with Crippen LogP contribution in [0.15, 0.2) is 10.7 Å². The zero-order chi connectivity index (χ0) is 20.1. The Morgan fingerprint density at radius 1 is 1.18 bits per heavy atom. The van der Waals surface area contributed by atoms with Gasteiger partial charge in [0.05, 0.1) is 18.8 Å². The summed E-state index contributed by atoms with van der Waals surface area (Å²) in [6.45, 7) is 8.32. The molecule has 156 valence electrons. The van der Waals surface area contributed by atoms with Gasteiger partial charge in [-0.15, -0.1) is 0 Å². The van der Waals surface area contributed by atoms with Crippen LogP contribution in [0.25, 0.3) is 0 Å². The van der Waals surface area contributed by atoms with Crippen molar-refractivity contribution in [1.82, 2.24) is 15.2 Å². The van der Waals surface area contributed by atoms with Crippen LogP contribution in [0.4, 0.5) is 0 Å². The summed E-state index contributed by atoms with van der Waals surface area (Å²) in [6.07, 6.45) is 5.38. The molecule has 0 unspecified atom stereocenters. The molecule has 0 saturated carbocycles. The highest BCUT2D eigenvalue weighted by Gasteiger charge is 2.31. The van der Waals surface area contributed by atoms with Crippen molar-refractivity contribution in [3.8, 4) is 0 Å². The predicted molar refractivity (Wildman–Crippen MR) is 102 cm³/mol. The number of ether oxygens (including phenoxy) is 2. The predicted octanol–water partition coefficient (Wildman–Crippen LogP) is 2.14. The van der Waals surface area contributed by atoms with Gasteiger partial charge in [-0.2, -0.15) is 0 Å². The van der Waals surface area contributed by atoms with E-state index >= 15 is 0 Å². The van der Waals surface area contributed by atoms with E-state index in [-0.39, 0.29) is 36.3 Å². The van der Waals surface area contributed by atoms with Gasteiger partial charge in [0.1, 0.15) is 6.26 Å². The summed E-state index contributed by atoms with van der Waals surface area (Å²) < 4.78 is 16.7. The molecule has 2 atom stereocenters. The molecule has 2 fully saturated rings. The first-order valence-electron chi connectivity index (χ1n) is 10.1. The van der Waals surface area contributed by atoms with E-state index in [0.717, 1.165) is 38.9 Å². The van der Waals surface area contributed by atoms with Crippen molar-refractivity contribution in [3.05, 3.63) is 17.8 Å². The number of nitrogens with zero attached hydrogens (tertiary/aromatic N) is 2. The largest absolute Gasteiger partial charge is 0.446 e. The summed E-state index contributed by atoms with van der Waals surface area (Å²) in [5.74, 6) is 0.0572. The molecule has 2 saturated heterocycles. The number of aromatic nitrogens is 1. The van der Waals surface area contributed by atoms with Gasteiger partial charge in [0, 0.05) is 31.7 Å². The van der Waals surface area contributed by atoms with Gasteiger partial charge in [-0.05, 0) is 25.7 Å². The number of amides is 2. The molecule has 0 aliphatic carbocycles. The van der Waals surface area contributed by atoms with Gasteiger partial charge in [0.2, 0.25) is 11.8 Å². The average molecular weight is 393 g/mol. The maximum Gasteiger partial charge on any atom is 0.273 e. The number of rotatable bonds is 7. The van der Waals surface area contributed by atoms with Gasteiger partial charge in [-0.1, -0.05) is 20.8 Å². The molecule has 0 spiro atoms. The minimum atomic E-state index is -0.521. The quantitative estimate of drug-likeness (QED) is 0.763. The van der Waals surface area contributed by atoms with Crippen LogP contribution in [0.5, 0.6) is 0 Å². The third-order valence-corrected chi connectivity index (χ3v) is 5.00. The maximum absolute atomic E-state index is 12.9. The summed E-state index contributed by atoms with van der Waals surface area (Å²) in [5, 5.41) is 2.83. The second kappa shape index (κ2) is 9.05. The van der Waals surface area contributed by atoms with Gasteiger partial charge < -0.3 is 24.1 Å². The lowest BCUT2D eigenvalue weighted by Gasteiger charge is -2.30. The highest BCUT2D eigenvalue weighted by molar-refractivity contribution is 5.91. The normalized spacial score (nSPS) is 22.4. The first-order chi connectivity index (χ1) is 13.3. The van der Waals surface area contributed by atoms with Crippen LogP contribution in [0.2, 0.25) is 0 Å². The Morgan fingerprint density at radius 3 is 2.46 bits per heavy atom. The minimum Gasteiger partial charge on any atom is -0.446 e. The molecule has 8 heteroatoms. The molecule has 1 aromatic rings. The summed E-state index contributed by atoms with van der Waals surface area (Å²) >= 11 is 0. The van der Waals surface area contributed by atoms with Crippen molar-refractivity contribution < 1.29 is 23.5 Å².